The topological polar surface area (TPSA) is 53.5 Å². The van der Waals surface area contributed by atoms with E-state index < -0.39 is 0 Å². The maximum atomic E-state index is 12.8. The van der Waals surface area contributed by atoms with E-state index in [1.165, 1.54) is 0 Å². The van der Waals surface area contributed by atoms with Crippen molar-refractivity contribution < 1.29 is 5.06 Å². The van der Waals surface area contributed by atoms with Crippen LogP contribution in [0.1, 0.15) is 0 Å². The molecule has 23 heavy (non-hydrogen) atoms. The molecule has 0 saturated carbocycles. The lowest BCUT2D eigenvalue weighted by Crippen LogP contribution is -2.95. The molecule has 4 aromatic rings. The van der Waals surface area contributed by atoms with Gasteiger partial charge in [-0.15, -0.1) is 0 Å². The van der Waals surface area contributed by atoms with E-state index in [1.54, 1.807) is 0 Å². The fourth-order valence-electron chi connectivity index (χ4n) is 3.67. The summed E-state index contributed by atoms with van der Waals surface area (Å²) >= 11 is 0. The number of rotatable bonds is 0. The Morgan fingerprint density at radius 3 is 2.09 bits per heavy atom. The van der Waals surface area contributed by atoms with E-state index in [2.05, 4.69) is 12.1 Å². The highest BCUT2D eigenvalue weighted by Gasteiger charge is 2.30. The van der Waals surface area contributed by atoms with Gasteiger partial charge in [0, 0.05) is 17.8 Å². The van der Waals surface area contributed by atoms with Crippen LogP contribution in [-0.2, 0) is 0 Å². The zero-order valence-electron chi connectivity index (χ0n) is 12.3. The summed E-state index contributed by atoms with van der Waals surface area (Å²) in [5, 5.41) is 17.3. The summed E-state index contributed by atoms with van der Waals surface area (Å²) in [6.07, 6.45) is 0. The van der Waals surface area contributed by atoms with Crippen LogP contribution in [0.2, 0.25) is 0 Å². The summed E-state index contributed by atoms with van der Waals surface area (Å²) in [6.45, 7) is 0. The second-order valence-electron chi connectivity index (χ2n) is 6.01. The Morgan fingerprint density at radius 1 is 0.696 bits per heavy atom. The average molecular weight is 298 g/mol. The van der Waals surface area contributed by atoms with Gasteiger partial charge in [0.2, 0.25) is 0 Å². The molecule has 3 heteroatoms. The molecule has 0 fully saturated rings. The molecule has 1 aliphatic rings. The van der Waals surface area contributed by atoms with Crippen molar-refractivity contribution in [3.05, 3.63) is 71.9 Å². The number of hydrogen-bond acceptors (Lipinski definition) is 2. The van der Waals surface area contributed by atoms with Crippen molar-refractivity contribution in [2.45, 2.75) is 0 Å². The van der Waals surface area contributed by atoms with Crippen LogP contribution in [0.3, 0.4) is 0 Å². The molecule has 110 valence electrons. The number of anilines is 1. The molecule has 1 unspecified atom stereocenters. The predicted molar refractivity (Wildman–Crippen MR) is 95.0 cm³/mol. The van der Waals surface area contributed by atoms with Gasteiger partial charge in [0.15, 0.2) is 0 Å². The molecular formula is C20H14N2O. The van der Waals surface area contributed by atoms with Crippen LogP contribution in [0.15, 0.2) is 66.7 Å². The molecule has 0 aliphatic carbocycles. The fourth-order valence-corrected chi connectivity index (χ4v) is 3.67. The van der Waals surface area contributed by atoms with Crippen LogP contribution in [0.25, 0.3) is 32.7 Å². The molecular weight excluding hydrogens is 284 g/mol. The SMILES string of the molecule is Nc1ccc2ccc3c(c2c1)-c1c(ccc2ccccc12)[NH+]3[O-]. The normalized spacial score (nSPS) is 15.8. The third kappa shape index (κ3) is 1.60. The first-order valence-electron chi connectivity index (χ1n) is 7.63. The summed E-state index contributed by atoms with van der Waals surface area (Å²) in [5.41, 5.74) is 10.3. The molecule has 5 rings (SSSR count). The van der Waals surface area contributed by atoms with Gasteiger partial charge in [-0.05, 0) is 45.8 Å². The molecule has 3 nitrogen and oxygen atoms in total. The van der Waals surface area contributed by atoms with Gasteiger partial charge >= 0.3 is 0 Å². The first-order chi connectivity index (χ1) is 11.2. The molecule has 0 aromatic heterocycles. The van der Waals surface area contributed by atoms with Crippen molar-refractivity contribution in [1.29, 1.82) is 0 Å². The van der Waals surface area contributed by atoms with E-state index in [1.807, 2.05) is 54.6 Å². The number of quaternary nitrogens is 1. The van der Waals surface area contributed by atoms with Gasteiger partial charge in [-0.1, -0.05) is 30.3 Å². The smallest absolute Gasteiger partial charge is 0.145 e. The highest BCUT2D eigenvalue weighted by atomic mass is 16.5. The lowest BCUT2D eigenvalue weighted by atomic mass is 9.94. The zero-order valence-corrected chi connectivity index (χ0v) is 12.3. The third-order valence-corrected chi connectivity index (χ3v) is 4.71. The van der Waals surface area contributed by atoms with Gasteiger partial charge < -0.3 is 16.0 Å². The molecule has 1 heterocycles. The van der Waals surface area contributed by atoms with Crippen LogP contribution >= 0.6 is 0 Å². The average Bonchev–Trinajstić information content (AvgIpc) is 2.88. The first-order valence-corrected chi connectivity index (χ1v) is 7.63. The van der Waals surface area contributed by atoms with E-state index in [4.69, 9.17) is 5.73 Å². The second-order valence-corrected chi connectivity index (χ2v) is 6.01. The lowest BCUT2D eigenvalue weighted by molar-refractivity contribution is -0.694. The molecule has 0 spiro atoms. The Kier molecular flexibility index (Phi) is 2.37. The molecule has 4 aromatic carbocycles. The van der Waals surface area contributed by atoms with Gasteiger partial charge in [0.25, 0.3) is 0 Å². The second kappa shape index (κ2) is 4.32. The van der Waals surface area contributed by atoms with Crippen molar-refractivity contribution in [3.63, 3.8) is 0 Å². The van der Waals surface area contributed by atoms with Crippen molar-refractivity contribution >= 4 is 38.6 Å². The van der Waals surface area contributed by atoms with Crippen molar-refractivity contribution in [1.82, 2.24) is 0 Å². The van der Waals surface area contributed by atoms with E-state index in [0.29, 0.717) is 5.69 Å². The molecule has 0 radical (unpaired) electrons. The van der Waals surface area contributed by atoms with Gasteiger partial charge in [-0.25, -0.2) is 0 Å². The zero-order chi connectivity index (χ0) is 15.6. The molecule has 0 saturated heterocycles. The maximum absolute atomic E-state index is 12.8. The van der Waals surface area contributed by atoms with Crippen molar-refractivity contribution in [3.8, 4) is 11.1 Å². The summed E-state index contributed by atoms with van der Waals surface area (Å²) in [6, 6.07) is 22.0. The van der Waals surface area contributed by atoms with E-state index in [9.17, 15) is 5.21 Å². The maximum Gasteiger partial charge on any atom is 0.145 e. The standard InChI is InChI=1S/C20H14N2O/c21-14-8-5-13-7-10-18-20(16(13)11-14)19-15-4-2-1-3-12(15)6-9-17(19)22(18)23/h1-11,22H,21H2. The lowest BCUT2D eigenvalue weighted by Gasteiger charge is -2.17. The fraction of sp³-hybridized carbons (Fsp3) is 0. The monoisotopic (exact) mass is 298 g/mol. The Morgan fingerprint density at radius 2 is 1.30 bits per heavy atom. The highest BCUT2D eigenvalue weighted by molar-refractivity contribution is 6.13. The van der Waals surface area contributed by atoms with E-state index in [0.717, 1.165) is 44.0 Å². The van der Waals surface area contributed by atoms with Crippen LogP contribution in [0.4, 0.5) is 17.1 Å². The largest absolute Gasteiger partial charge is 0.623 e. The summed E-state index contributed by atoms with van der Waals surface area (Å²) < 4.78 is 0. The number of fused-ring (bicyclic) bond motifs is 7. The number of nitrogens with two attached hydrogens (primary N) is 1. The van der Waals surface area contributed by atoms with Gasteiger partial charge in [0.1, 0.15) is 11.4 Å². The summed E-state index contributed by atoms with van der Waals surface area (Å²) in [7, 11) is 0. The van der Waals surface area contributed by atoms with Crippen molar-refractivity contribution in [2.24, 2.45) is 0 Å². The quantitative estimate of drug-likeness (QED) is 0.382. The Hall–Kier alpha value is -2.88. The minimum absolute atomic E-state index is 0.102. The summed E-state index contributed by atoms with van der Waals surface area (Å²) in [4.78, 5) is 0. The molecule has 0 bridgehead atoms. The van der Waals surface area contributed by atoms with Crippen molar-refractivity contribution in [2.75, 3.05) is 5.73 Å². The first kappa shape index (κ1) is 12.6. The number of nitrogens with one attached hydrogen (secondary N) is 1. The number of benzene rings is 4. The Labute approximate surface area is 133 Å². The summed E-state index contributed by atoms with van der Waals surface area (Å²) in [5.74, 6) is 0. The Bertz CT molecular complexity index is 1100. The molecule has 1 atom stereocenters. The highest BCUT2D eigenvalue weighted by Crippen LogP contribution is 2.45. The van der Waals surface area contributed by atoms with Crippen LogP contribution in [0.5, 0.6) is 0 Å². The molecule has 3 N–H and O–H groups in total. The van der Waals surface area contributed by atoms with E-state index in [-0.39, 0.29) is 5.06 Å². The van der Waals surface area contributed by atoms with Crippen LogP contribution < -0.4 is 10.8 Å². The predicted octanol–water partition coefficient (Wildman–Crippen LogP) is 3.90. The van der Waals surface area contributed by atoms with Gasteiger partial charge in [0.05, 0.1) is 11.1 Å². The van der Waals surface area contributed by atoms with Crippen LogP contribution in [0, 0.1) is 5.21 Å². The third-order valence-electron chi connectivity index (χ3n) is 4.71. The minimum Gasteiger partial charge on any atom is -0.623 e. The number of nitrogen functional groups attached to an aromatic ring is 1. The number of hydrogen-bond donors (Lipinski definition) is 2. The van der Waals surface area contributed by atoms with Gasteiger partial charge in [-0.3, -0.25) is 0 Å². The molecule has 0 amide bonds. The van der Waals surface area contributed by atoms with Crippen LogP contribution in [-0.4, -0.2) is 0 Å². The Balaban J connectivity index is 2.02. The molecule has 1 aliphatic heterocycles. The van der Waals surface area contributed by atoms with E-state index >= 15 is 0 Å². The minimum atomic E-state index is 0.102. The van der Waals surface area contributed by atoms with Gasteiger partial charge in [-0.2, -0.15) is 0 Å².